The van der Waals surface area contributed by atoms with Gasteiger partial charge >= 0.3 is 0 Å². The number of aromatic nitrogens is 3. The largest absolute Gasteiger partial charge is 0.505 e. The zero-order chi connectivity index (χ0) is 19.1. The molecule has 0 aliphatic carbocycles. The van der Waals surface area contributed by atoms with E-state index >= 15 is 0 Å². The van der Waals surface area contributed by atoms with E-state index in [0.29, 0.717) is 30.9 Å². The second-order valence-electron chi connectivity index (χ2n) is 6.93. The van der Waals surface area contributed by atoms with Crippen LogP contribution in [0.3, 0.4) is 0 Å². The number of phenols is 1. The number of fused-ring (bicyclic) bond motifs is 2. The van der Waals surface area contributed by atoms with Crippen LogP contribution in [0.15, 0.2) is 30.5 Å². The molecule has 0 atom stereocenters. The average molecular weight is 363 g/mol. The monoisotopic (exact) mass is 363 g/mol. The number of amides is 1. The summed E-state index contributed by atoms with van der Waals surface area (Å²) in [4.78, 5) is 30.0. The van der Waals surface area contributed by atoms with E-state index in [1.54, 1.807) is 23.2 Å². The molecule has 1 N–H and O–H groups in total. The van der Waals surface area contributed by atoms with Gasteiger partial charge in [0.25, 0.3) is 5.91 Å². The van der Waals surface area contributed by atoms with E-state index in [-0.39, 0.29) is 17.2 Å². The standard InChI is InChI=1S/C20H21N5O2/c1-12-22-16-11-25(10-8-14(16)19(23-12)24(2)3)20(27)15-7-6-13-5-4-9-21-17(13)18(15)26/h4-7,9,26H,8,10-11H2,1-3H3. The molecule has 0 bridgehead atoms. The Morgan fingerprint density at radius 2 is 2.04 bits per heavy atom. The van der Waals surface area contributed by atoms with Crippen LogP contribution in [-0.2, 0) is 13.0 Å². The maximum Gasteiger partial charge on any atom is 0.258 e. The van der Waals surface area contributed by atoms with Crippen LogP contribution in [0.1, 0.15) is 27.4 Å². The molecule has 27 heavy (non-hydrogen) atoms. The number of hydrogen-bond acceptors (Lipinski definition) is 6. The van der Waals surface area contributed by atoms with Gasteiger partial charge in [0.1, 0.15) is 17.2 Å². The van der Waals surface area contributed by atoms with Crippen molar-refractivity contribution in [3.8, 4) is 5.75 Å². The molecule has 3 heterocycles. The summed E-state index contributed by atoms with van der Waals surface area (Å²) in [7, 11) is 3.92. The fourth-order valence-electron chi connectivity index (χ4n) is 3.55. The van der Waals surface area contributed by atoms with Gasteiger partial charge in [0, 0.05) is 37.8 Å². The summed E-state index contributed by atoms with van der Waals surface area (Å²) >= 11 is 0. The number of carbonyl (C=O) groups excluding carboxylic acids is 1. The van der Waals surface area contributed by atoms with Crippen molar-refractivity contribution in [3.05, 3.63) is 53.1 Å². The molecule has 1 amide bonds. The molecule has 3 aromatic rings. The molecular weight excluding hydrogens is 342 g/mol. The Kier molecular flexibility index (Phi) is 4.14. The van der Waals surface area contributed by atoms with Crippen LogP contribution in [0, 0.1) is 6.92 Å². The first-order valence-electron chi connectivity index (χ1n) is 8.85. The van der Waals surface area contributed by atoms with E-state index in [0.717, 1.165) is 22.5 Å². The lowest BCUT2D eigenvalue weighted by atomic mass is 10.0. The van der Waals surface area contributed by atoms with Gasteiger partial charge in [-0.05, 0) is 25.5 Å². The summed E-state index contributed by atoms with van der Waals surface area (Å²) in [5.41, 5.74) is 2.65. The number of nitrogens with zero attached hydrogens (tertiary/aromatic N) is 5. The molecule has 0 radical (unpaired) electrons. The molecule has 1 aliphatic heterocycles. The molecule has 0 fully saturated rings. The van der Waals surface area contributed by atoms with Gasteiger partial charge in [-0.1, -0.05) is 12.1 Å². The summed E-state index contributed by atoms with van der Waals surface area (Å²) in [5.74, 6) is 1.30. The summed E-state index contributed by atoms with van der Waals surface area (Å²) in [6.45, 7) is 2.81. The molecule has 4 rings (SSSR count). The van der Waals surface area contributed by atoms with Crippen molar-refractivity contribution < 1.29 is 9.90 Å². The van der Waals surface area contributed by atoms with Crippen molar-refractivity contribution >= 4 is 22.6 Å². The smallest absolute Gasteiger partial charge is 0.258 e. The van der Waals surface area contributed by atoms with Crippen molar-refractivity contribution in [2.24, 2.45) is 0 Å². The maximum absolute atomic E-state index is 13.1. The third-order valence-corrected chi connectivity index (χ3v) is 4.84. The number of aryl methyl sites for hydroxylation is 1. The molecule has 0 unspecified atom stereocenters. The van der Waals surface area contributed by atoms with Crippen LogP contribution in [0.5, 0.6) is 5.75 Å². The van der Waals surface area contributed by atoms with Gasteiger partial charge in [0.05, 0.1) is 17.8 Å². The highest BCUT2D eigenvalue weighted by Crippen LogP contribution is 2.30. The van der Waals surface area contributed by atoms with Gasteiger partial charge < -0.3 is 14.9 Å². The zero-order valence-electron chi connectivity index (χ0n) is 15.6. The van der Waals surface area contributed by atoms with Crippen LogP contribution >= 0.6 is 0 Å². The van der Waals surface area contributed by atoms with E-state index in [1.807, 2.05) is 38.1 Å². The molecule has 2 aromatic heterocycles. The predicted octanol–water partition coefficient (Wildman–Crippen LogP) is 2.30. The van der Waals surface area contributed by atoms with Crippen LogP contribution in [-0.4, -0.2) is 51.5 Å². The number of hydrogen-bond donors (Lipinski definition) is 1. The second kappa shape index (κ2) is 6.50. The third kappa shape index (κ3) is 2.95. The number of phenolic OH excluding ortho intramolecular Hbond substituents is 1. The highest BCUT2D eigenvalue weighted by Gasteiger charge is 2.28. The van der Waals surface area contributed by atoms with E-state index in [4.69, 9.17) is 0 Å². The molecular formula is C20H21N5O2. The van der Waals surface area contributed by atoms with E-state index < -0.39 is 0 Å². The SMILES string of the molecule is Cc1nc2c(c(N(C)C)n1)CCN(C(=O)c1ccc3cccnc3c1O)C2. The lowest BCUT2D eigenvalue weighted by molar-refractivity contribution is 0.0729. The number of rotatable bonds is 2. The fraction of sp³-hybridized carbons (Fsp3) is 0.300. The summed E-state index contributed by atoms with van der Waals surface area (Å²) in [6, 6.07) is 7.13. The number of aromatic hydroxyl groups is 1. The summed E-state index contributed by atoms with van der Waals surface area (Å²) < 4.78 is 0. The Balaban J connectivity index is 1.68. The molecule has 1 aliphatic rings. The Hall–Kier alpha value is -3.22. The first-order chi connectivity index (χ1) is 13.0. The van der Waals surface area contributed by atoms with E-state index in [2.05, 4.69) is 15.0 Å². The molecule has 138 valence electrons. The lowest BCUT2D eigenvalue weighted by Crippen LogP contribution is -2.37. The summed E-state index contributed by atoms with van der Waals surface area (Å²) in [6.07, 6.45) is 2.29. The molecule has 0 spiro atoms. The van der Waals surface area contributed by atoms with Crippen molar-refractivity contribution in [3.63, 3.8) is 0 Å². The Morgan fingerprint density at radius 3 is 2.81 bits per heavy atom. The number of anilines is 1. The fourth-order valence-corrected chi connectivity index (χ4v) is 3.55. The van der Waals surface area contributed by atoms with E-state index in [1.165, 1.54) is 0 Å². The van der Waals surface area contributed by atoms with Crippen molar-refractivity contribution in [2.45, 2.75) is 19.9 Å². The van der Waals surface area contributed by atoms with Gasteiger partial charge in [0.15, 0.2) is 5.75 Å². The molecule has 0 saturated carbocycles. The maximum atomic E-state index is 13.1. The minimum absolute atomic E-state index is 0.0725. The van der Waals surface area contributed by atoms with Gasteiger partial charge in [-0.3, -0.25) is 9.78 Å². The lowest BCUT2D eigenvalue weighted by Gasteiger charge is -2.30. The minimum Gasteiger partial charge on any atom is -0.505 e. The number of carbonyl (C=O) groups is 1. The number of benzene rings is 1. The molecule has 7 nitrogen and oxygen atoms in total. The Morgan fingerprint density at radius 1 is 1.22 bits per heavy atom. The van der Waals surface area contributed by atoms with Gasteiger partial charge in [-0.2, -0.15) is 0 Å². The topological polar surface area (TPSA) is 82.5 Å². The summed E-state index contributed by atoms with van der Waals surface area (Å²) in [5, 5.41) is 11.4. The average Bonchev–Trinajstić information content (AvgIpc) is 2.66. The predicted molar refractivity (Wildman–Crippen MR) is 103 cm³/mol. The zero-order valence-corrected chi connectivity index (χ0v) is 15.6. The van der Waals surface area contributed by atoms with Crippen LogP contribution in [0.25, 0.3) is 10.9 Å². The quantitative estimate of drug-likeness (QED) is 0.752. The van der Waals surface area contributed by atoms with Crippen LogP contribution < -0.4 is 4.90 Å². The molecule has 0 saturated heterocycles. The molecule has 7 heteroatoms. The van der Waals surface area contributed by atoms with Crippen molar-refractivity contribution in [1.82, 2.24) is 19.9 Å². The first kappa shape index (κ1) is 17.2. The normalized spacial score (nSPS) is 13.5. The van der Waals surface area contributed by atoms with Crippen LogP contribution in [0.2, 0.25) is 0 Å². The van der Waals surface area contributed by atoms with E-state index in [9.17, 15) is 9.90 Å². The first-order valence-corrected chi connectivity index (χ1v) is 8.85. The number of pyridine rings is 1. The second-order valence-corrected chi connectivity index (χ2v) is 6.93. The van der Waals surface area contributed by atoms with Gasteiger partial charge in [-0.15, -0.1) is 0 Å². The van der Waals surface area contributed by atoms with Crippen molar-refractivity contribution in [1.29, 1.82) is 0 Å². The van der Waals surface area contributed by atoms with Crippen molar-refractivity contribution in [2.75, 3.05) is 25.5 Å². The highest BCUT2D eigenvalue weighted by molar-refractivity contribution is 6.02. The Bertz CT molecular complexity index is 1050. The Labute approximate surface area is 157 Å². The minimum atomic E-state index is -0.214. The highest BCUT2D eigenvalue weighted by atomic mass is 16.3. The van der Waals surface area contributed by atoms with Gasteiger partial charge in [0.2, 0.25) is 0 Å². The molecule has 1 aromatic carbocycles. The van der Waals surface area contributed by atoms with Crippen LogP contribution in [0.4, 0.5) is 5.82 Å². The van der Waals surface area contributed by atoms with Gasteiger partial charge in [-0.25, -0.2) is 9.97 Å². The third-order valence-electron chi connectivity index (χ3n) is 4.84.